The average molecular weight is 448 g/mol. The largest absolute Gasteiger partial charge is 0.497 e. The number of hydrogen-bond acceptors (Lipinski definition) is 7. The van der Waals surface area contributed by atoms with Crippen LogP contribution in [0.1, 0.15) is 17.4 Å². The van der Waals surface area contributed by atoms with E-state index in [9.17, 15) is 9.59 Å². The summed E-state index contributed by atoms with van der Waals surface area (Å²) in [5, 5.41) is 3.58. The second kappa shape index (κ2) is 9.63. The van der Waals surface area contributed by atoms with Gasteiger partial charge in [0.05, 0.1) is 30.9 Å². The summed E-state index contributed by atoms with van der Waals surface area (Å²) in [4.78, 5) is 32.4. The molecule has 0 saturated carbocycles. The van der Waals surface area contributed by atoms with Gasteiger partial charge in [0.25, 0.3) is 5.56 Å². The number of aromatic nitrogens is 2. The fourth-order valence-electron chi connectivity index (χ4n) is 2.93. The molecular weight excluding hydrogens is 422 g/mol. The third kappa shape index (κ3) is 4.69. The number of rotatable bonds is 8. The number of methoxy groups -OCH3 is 2. The first-order chi connectivity index (χ1) is 14.3. The standard InChI is InChI=1S/C21H25N3O4S2/c1-12-13(2)29-19-17(12)20(26)24(9-10-27-4)21(23-19)30-14(3)18(25)22-15-7-6-8-16(11-15)28-5/h6-8,11,14H,9-10H2,1-5H3,(H,22,25)/t14-/m0/s1. The molecule has 0 aliphatic carbocycles. The van der Waals surface area contributed by atoms with Crippen LogP contribution in [0.2, 0.25) is 0 Å². The summed E-state index contributed by atoms with van der Waals surface area (Å²) in [6, 6.07) is 7.18. The first-order valence-corrected chi connectivity index (χ1v) is 11.2. The number of anilines is 1. The van der Waals surface area contributed by atoms with Gasteiger partial charge in [-0.25, -0.2) is 4.98 Å². The van der Waals surface area contributed by atoms with Crippen molar-refractivity contribution in [3.8, 4) is 5.75 Å². The highest BCUT2D eigenvalue weighted by molar-refractivity contribution is 8.00. The summed E-state index contributed by atoms with van der Waals surface area (Å²) in [7, 11) is 3.17. The molecule has 2 heterocycles. The second-order valence-electron chi connectivity index (χ2n) is 6.79. The molecule has 1 atom stereocenters. The van der Waals surface area contributed by atoms with Crippen LogP contribution in [0, 0.1) is 13.8 Å². The van der Waals surface area contributed by atoms with Gasteiger partial charge in [-0.15, -0.1) is 11.3 Å². The number of thioether (sulfide) groups is 1. The second-order valence-corrected chi connectivity index (χ2v) is 9.30. The van der Waals surface area contributed by atoms with Crippen molar-refractivity contribution in [3.05, 3.63) is 45.1 Å². The van der Waals surface area contributed by atoms with Crippen LogP contribution in [0.25, 0.3) is 10.2 Å². The van der Waals surface area contributed by atoms with Gasteiger partial charge in [-0.05, 0) is 38.5 Å². The molecule has 0 spiro atoms. The summed E-state index contributed by atoms with van der Waals surface area (Å²) in [5.74, 6) is 0.483. The Labute approximate surface area is 183 Å². The molecule has 7 nitrogen and oxygen atoms in total. The van der Waals surface area contributed by atoms with Gasteiger partial charge >= 0.3 is 0 Å². The third-order valence-corrected chi connectivity index (χ3v) is 6.95. The molecule has 3 rings (SSSR count). The van der Waals surface area contributed by atoms with Gasteiger partial charge in [0, 0.05) is 23.7 Å². The van der Waals surface area contributed by atoms with Gasteiger partial charge < -0.3 is 14.8 Å². The Hall–Kier alpha value is -2.36. The van der Waals surface area contributed by atoms with Gasteiger partial charge in [0.2, 0.25) is 5.91 Å². The Morgan fingerprint density at radius 2 is 2.10 bits per heavy atom. The SMILES string of the molecule is COCCn1c(S[C@@H](C)C(=O)Nc2cccc(OC)c2)nc2sc(C)c(C)c2c1=O. The minimum absolute atomic E-state index is 0.0956. The van der Waals surface area contributed by atoms with Crippen molar-refractivity contribution in [3.63, 3.8) is 0 Å². The molecule has 0 bridgehead atoms. The first-order valence-electron chi connectivity index (χ1n) is 9.46. The van der Waals surface area contributed by atoms with E-state index in [2.05, 4.69) is 5.32 Å². The van der Waals surface area contributed by atoms with Crippen LogP contribution < -0.4 is 15.6 Å². The van der Waals surface area contributed by atoms with Crippen LogP contribution in [-0.4, -0.2) is 41.5 Å². The van der Waals surface area contributed by atoms with Crippen molar-refractivity contribution in [1.29, 1.82) is 0 Å². The lowest BCUT2D eigenvalue weighted by molar-refractivity contribution is -0.115. The van der Waals surface area contributed by atoms with Crippen LogP contribution in [0.3, 0.4) is 0 Å². The molecule has 0 aliphatic rings. The lowest BCUT2D eigenvalue weighted by Crippen LogP contribution is -2.28. The molecular formula is C21H25N3O4S2. The van der Waals surface area contributed by atoms with E-state index in [1.54, 1.807) is 37.8 Å². The Balaban J connectivity index is 1.89. The van der Waals surface area contributed by atoms with Gasteiger partial charge in [0.1, 0.15) is 10.6 Å². The molecule has 2 aromatic heterocycles. The van der Waals surface area contributed by atoms with Crippen molar-refractivity contribution in [2.45, 2.75) is 37.7 Å². The Kier molecular flexibility index (Phi) is 7.17. The van der Waals surface area contributed by atoms with E-state index in [1.807, 2.05) is 26.0 Å². The zero-order valence-corrected chi connectivity index (χ0v) is 19.3. The number of aryl methyl sites for hydroxylation is 2. The molecule has 9 heteroatoms. The normalized spacial score (nSPS) is 12.2. The predicted molar refractivity (Wildman–Crippen MR) is 122 cm³/mol. The van der Waals surface area contributed by atoms with E-state index in [-0.39, 0.29) is 11.5 Å². The van der Waals surface area contributed by atoms with E-state index in [4.69, 9.17) is 14.5 Å². The average Bonchev–Trinajstić information content (AvgIpc) is 3.01. The van der Waals surface area contributed by atoms with Gasteiger partial charge in [-0.2, -0.15) is 0 Å². The van der Waals surface area contributed by atoms with Crippen molar-refractivity contribution in [1.82, 2.24) is 9.55 Å². The summed E-state index contributed by atoms with van der Waals surface area (Å²) in [5.41, 5.74) is 1.51. The maximum Gasteiger partial charge on any atom is 0.263 e. The smallest absolute Gasteiger partial charge is 0.263 e. The molecule has 160 valence electrons. The highest BCUT2D eigenvalue weighted by Crippen LogP contribution is 2.30. The number of nitrogens with zero attached hydrogens (tertiary/aromatic N) is 2. The number of amides is 1. The molecule has 0 unspecified atom stereocenters. The van der Waals surface area contributed by atoms with E-state index in [1.165, 1.54) is 23.1 Å². The van der Waals surface area contributed by atoms with Crippen LogP contribution in [-0.2, 0) is 16.1 Å². The number of fused-ring (bicyclic) bond motifs is 1. The van der Waals surface area contributed by atoms with Gasteiger partial charge in [0.15, 0.2) is 5.16 Å². The third-order valence-electron chi connectivity index (χ3n) is 4.76. The number of carbonyl (C=O) groups is 1. The van der Waals surface area contributed by atoms with Crippen molar-refractivity contribution in [2.75, 3.05) is 26.1 Å². The van der Waals surface area contributed by atoms with E-state index < -0.39 is 5.25 Å². The number of nitrogens with one attached hydrogen (secondary N) is 1. The van der Waals surface area contributed by atoms with Crippen LogP contribution >= 0.6 is 23.1 Å². The van der Waals surface area contributed by atoms with Crippen LogP contribution in [0.5, 0.6) is 5.75 Å². The Morgan fingerprint density at radius 3 is 2.80 bits per heavy atom. The Bertz CT molecular complexity index is 1120. The minimum Gasteiger partial charge on any atom is -0.497 e. The quantitative estimate of drug-likeness (QED) is 0.417. The fourth-order valence-corrected chi connectivity index (χ4v) is 4.94. The fraction of sp³-hybridized carbons (Fsp3) is 0.381. The zero-order valence-electron chi connectivity index (χ0n) is 17.6. The number of benzene rings is 1. The molecule has 3 aromatic rings. The van der Waals surface area contributed by atoms with Gasteiger partial charge in [-0.1, -0.05) is 17.8 Å². The number of thiophene rings is 1. The highest BCUT2D eigenvalue weighted by atomic mass is 32.2. The molecule has 30 heavy (non-hydrogen) atoms. The van der Waals surface area contributed by atoms with Crippen LogP contribution in [0.4, 0.5) is 5.69 Å². The maximum absolute atomic E-state index is 13.1. The van der Waals surface area contributed by atoms with E-state index >= 15 is 0 Å². The van der Waals surface area contributed by atoms with Crippen molar-refractivity contribution in [2.24, 2.45) is 0 Å². The molecule has 0 saturated heterocycles. The van der Waals surface area contributed by atoms with Crippen LogP contribution in [0.15, 0.2) is 34.2 Å². The Morgan fingerprint density at radius 1 is 1.33 bits per heavy atom. The summed E-state index contributed by atoms with van der Waals surface area (Å²) >= 11 is 2.76. The first kappa shape index (κ1) is 22.3. The maximum atomic E-state index is 13.1. The summed E-state index contributed by atoms with van der Waals surface area (Å²) < 4.78 is 12.0. The molecule has 1 aromatic carbocycles. The van der Waals surface area contributed by atoms with Crippen molar-refractivity contribution >= 4 is 44.9 Å². The highest BCUT2D eigenvalue weighted by Gasteiger charge is 2.21. The topological polar surface area (TPSA) is 82.4 Å². The van der Waals surface area contributed by atoms with Crippen molar-refractivity contribution < 1.29 is 14.3 Å². The summed E-state index contributed by atoms with van der Waals surface area (Å²) in [6.45, 7) is 6.47. The predicted octanol–water partition coefficient (Wildman–Crippen LogP) is 3.85. The minimum atomic E-state index is -0.462. The number of ether oxygens (including phenoxy) is 2. The molecule has 0 radical (unpaired) electrons. The molecule has 0 aliphatic heterocycles. The molecule has 0 fully saturated rings. The van der Waals surface area contributed by atoms with Gasteiger partial charge in [-0.3, -0.25) is 14.2 Å². The lowest BCUT2D eigenvalue weighted by atomic mass is 10.2. The zero-order chi connectivity index (χ0) is 21.8. The van der Waals surface area contributed by atoms with E-state index in [0.29, 0.717) is 40.0 Å². The lowest BCUT2D eigenvalue weighted by Gasteiger charge is -2.16. The summed E-state index contributed by atoms with van der Waals surface area (Å²) in [6.07, 6.45) is 0. The molecule has 1 amide bonds. The number of hydrogen-bond donors (Lipinski definition) is 1. The van der Waals surface area contributed by atoms with E-state index in [0.717, 1.165) is 10.4 Å². The number of carbonyl (C=O) groups excluding carboxylic acids is 1. The monoisotopic (exact) mass is 447 g/mol. The molecule has 1 N–H and O–H groups in total.